The molecule has 3 rings (SSSR count). The Kier molecular flexibility index (Phi) is 3.27. The van der Waals surface area contributed by atoms with Gasteiger partial charge in [-0.25, -0.2) is 0 Å². The van der Waals surface area contributed by atoms with Crippen LogP contribution in [0, 0.1) is 13.8 Å². The number of aryl methyl sites for hydroxylation is 2. The van der Waals surface area contributed by atoms with Crippen LogP contribution in [0.5, 0.6) is 0 Å². The van der Waals surface area contributed by atoms with E-state index < -0.39 is 0 Å². The topological polar surface area (TPSA) is 36.1 Å². The highest BCUT2D eigenvalue weighted by Gasteiger charge is 2.21. The molecule has 19 heavy (non-hydrogen) atoms. The SMILES string of the molecule is Cc1[nH]c2c(C(=O)N3CCSCC3)cccc2c1C. The zero-order valence-electron chi connectivity index (χ0n) is 11.3. The molecule has 1 aromatic carbocycles. The predicted molar refractivity (Wildman–Crippen MR) is 81.0 cm³/mol. The third-order valence-electron chi connectivity index (χ3n) is 3.87. The zero-order chi connectivity index (χ0) is 13.4. The molecule has 2 aromatic rings. The summed E-state index contributed by atoms with van der Waals surface area (Å²) in [6.45, 7) is 5.87. The minimum Gasteiger partial charge on any atom is -0.358 e. The molecule has 0 unspecified atom stereocenters. The average molecular weight is 274 g/mol. The van der Waals surface area contributed by atoms with Crippen LogP contribution >= 0.6 is 11.8 Å². The standard InChI is InChI=1S/C15H18N2OS/c1-10-11(2)16-14-12(10)4-3-5-13(14)15(18)17-6-8-19-9-7-17/h3-5,16H,6-9H2,1-2H3. The van der Waals surface area contributed by atoms with Gasteiger partial charge in [0.25, 0.3) is 5.91 Å². The van der Waals surface area contributed by atoms with Crippen LogP contribution in [-0.4, -0.2) is 40.4 Å². The number of nitrogens with one attached hydrogen (secondary N) is 1. The number of aromatic nitrogens is 1. The maximum Gasteiger partial charge on any atom is 0.256 e. The number of para-hydroxylation sites is 1. The summed E-state index contributed by atoms with van der Waals surface area (Å²) < 4.78 is 0. The monoisotopic (exact) mass is 274 g/mol. The van der Waals surface area contributed by atoms with E-state index in [0.717, 1.165) is 46.8 Å². The summed E-state index contributed by atoms with van der Waals surface area (Å²) in [5.41, 5.74) is 4.17. The number of hydrogen-bond donors (Lipinski definition) is 1. The van der Waals surface area contributed by atoms with Gasteiger partial charge in [0.15, 0.2) is 0 Å². The maximum atomic E-state index is 12.6. The second-order valence-electron chi connectivity index (χ2n) is 5.01. The number of benzene rings is 1. The van der Waals surface area contributed by atoms with Crippen molar-refractivity contribution in [2.75, 3.05) is 24.6 Å². The average Bonchev–Trinajstić information content (AvgIpc) is 2.75. The smallest absolute Gasteiger partial charge is 0.256 e. The van der Waals surface area contributed by atoms with Crippen molar-refractivity contribution in [3.05, 3.63) is 35.0 Å². The first-order valence-electron chi connectivity index (χ1n) is 6.63. The lowest BCUT2D eigenvalue weighted by molar-refractivity contribution is 0.0774. The van der Waals surface area contributed by atoms with Gasteiger partial charge >= 0.3 is 0 Å². The molecule has 1 fully saturated rings. The van der Waals surface area contributed by atoms with Gasteiger partial charge in [0.1, 0.15) is 0 Å². The molecule has 0 spiro atoms. The fourth-order valence-electron chi connectivity index (χ4n) is 2.60. The molecule has 3 nitrogen and oxygen atoms in total. The van der Waals surface area contributed by atoms with Gasteiger partial charge in [-0.15, -0.1) is 0 Å². The van der Waals surface area contributed by atoms with Crippen molar-refractivity contribution in [3.8, 4) is 0 Å². The van der Waals surface area contributed by atoms with Crippen molar-refractivity contribution in [2.24, 2.45) is 0 Å². The Labute approximate surface area is 117 Å². The van der Waals surface area contributed by atoms with E-state index in [0.29, 0.717) is 0 Å². The molecular formula is C15H18N2OS. The van der Waals surface area contributed by atoms with Crippen molar-refractivity contribution in [3.63, 3.8) is 0 Å². The minimum absolute atomic E-state index is 0.159. The fourth-order valence-corrected chi connectivity index (χ4v) is 3.50. The summed E-state index contributed by atoms with van der Waals surface area (Å²) in [6, 6.07) is 5.99. The van der Waals surface area contributed by atoms with Gasteiger partial charge < -0.3 is 9.88 Å². The van der Waals surface area contributed by atoms with E-state index in [9.17, 15) is 4.79 Å². The first kappa shape index (κ1) is 12.6. The Morgan fingerprint density at radius 1 is 1.26 bits per heavy atom. The number of nitrogens with zero attached hydrogens (tertiary/aromatic N) is 1. The first-order chi connectivity index (χ1) is 9.18. The molecule has 0 saturated carbocycles. The Balaban J connectivity index is 2.04. The van der Waals surface area contributed by atoms with Gasteiger partial charge in [0.2, 0.25) is 0 Å². The maximum absolute atomic E-state index is 12.6. The van der Waals surface area contributed by atoms with Crippen LogP contribution in [0.25, 0.3) is 10.9 Å². The summed E-state index contributed by atoms with van der Waals surface area (Å²) in [4.78, 5) is 18.0. The largest absolute Gasteiger partial charge is 0.358 e. The Morgan fingerprint density at radius 3 is 2.74 bits per heavy atom. The molecule has 0 atom stereocenters. The van der Waals surface area contributed by atoms with E-state index in [1.165, 1.54) is 5.56 Å². The van der Waals surface area contributed by atoms with Crippen LogP contribution in [0.2, 0.25) is 0 Å². The van der Waals surface area contributed by atoms with Crippen molar-refractivity contribution >= 4 is 28.6 Å². The van der Waals surface area contributed by atoms with Crippen LogP contribution in [-0.2, 0) is 0 Å². The fraction of sp³-hybridized carbons (Fsp3) is 0.400. The van der Waals surface area contributed by atoms with Crippen LogP contribution in [0.15, 0.2) is 18.2 Å². The third kappa shape index (κ3) is 2.14. The summed E-state index contributed by atoms with van der Waals surface area (Å²) >= 11 is 1.92. The molecular weight excluding hydrogens is 256 g/mol. The molecule has 1 amide bonds. The lowest BCUT2D eigenvalue weighted by Crippen LogP contribution is -2.38. The Bertz CT molecular complexity index is 626. The summed E-state index contributed by atoms with van der Waals surface area (Å²) in [5.74, 6) is 2.25. The number of H-pyrrole nitrogens is 1. The van der Waals surface area contributed by atoms with E-state index >= 15 is 0 Å². The van der Waals surface area contributed by atoms with Crippen LogP contribution in [0.3, 0.4) is 0 Å². The molecule has 1 N–H and O–H groups in total. The highest BCUT2D eigenvalue weighted by molar-refractivity contribution is 7.99. The number of hydrogen-bond acceptors (Lipinski definition) is 2. The highest BCUT2D eigenvalue weighted by atomic mass is 32.2. The number of thioether (sulfide) groups is 1. The number of rotatable bonds is 1. The van der Waals surface area contributed by atoms with Gasteiger partial charge in [-0.05, 0) is 25.5 Å². The van der Waals surface area contributed by atoms with Crippen LogP contribution in [0.4, 0.5) is 0 Å². The van der Waals surface area contributed by atoms with Crippen LogP contribution < -0.4 is 0 Å². The Hall–Kier alpha value is -1.42. The highest BCUT2D eigenvalue weighted by Crippen LogP contribution is 2.25. The first-order valence-corrected chi connectivity index (χ1v) is 7.79. The Morgan fingerprint density at radius 2 is 2.00 bits per heavy atom. The molecule has 1 aliphatic heterocycles. The van der Waals surface area contributed by atoms with Crippen molar-refractivity contribution in [1.82, 2.24) is 9.88 Å². The number of fused-ring (bicyclic) bond motifs is 1. The van der Waals surface area contributed by atoms with Crippen molar-refractivity contribution < 1.29 is 4.79 Å². The second-order valence-corrected chi connectivity index (χ2v) is 6.23. The van der Waals surface area contributed by atoms with Gasteiger partial charge in [-0.3, -0.25) is 4.79 Å². The normalized spacial score (nSPS) is 16.0. The molecule has 0 radical (unpaired) electrons. The van der Waals surface area contributed by atoms with Crippen molar-refractivity contribution in [2.45, 2.75) is 13.8 Å². The molecule has 0 bridgehead atoms. The lowest BCUT2D eigenvalue weighted by Gasteiger charge is -2.26. The molecule has 2 heterocycles. The second kappa shape index (κ2) is 4.93. The van der Waals surface area contributed by atoms with Crippen LogP contribution in [0.1, 0.15) is 21.6 Å². The van der Waals surface area contributed by atoms with E-state index in [4.69, 9.17) is 0 Å². The molecule has 1 aliphatic rings. The third-order valence-corrected chi connectivity index (χ3v) is 4.81. The number of carbonyl (C=O) groups excluding carboxylic acids is 1. The van der Waals surface area contributed by atoms with Gasteiger partial charge in [-0.2, -0.15) is 11.8 Å². The van der Waals surface area contributed by atoms with Crippen molar-refractivity contribution in [1.29, 1.82) is 0 Å². The molecule has 1 saturated heterocycles. The zero-order valence-corrected chi connectivity index (χ0v) is 12.1. The van der Waals surface area contributed by atoms with Gasteiger partial charge in [0, 0.05) is 35.7 Å². The van der Waals surface area contributed by atoms with Gasteiger partial charge in [-0.1, -0.05) is 12.1 Å². The molecule has 1 aromatic heterocycles. The number of aromatic amines is 1. The van der Waals surface area contributed by atoms with E-state index in [2.05, 4.69) is 24.9 Å². The predicted octanol–water partition coefficient (Wildman–Crippen LogP) is 2.97. The molecule has 100 valence electrons. The summed E-state index contributed by atoms with van der Waals surface area (Å²) in [5, 5.41) is 1.16. The lowest BCUT2D eigenvalue weighted by atomic mass is 10.1. The summed E-state index contributed by atoms with van der Waals surface area (Å²) in [6.07, 6.45) is 0. The number of amides is 1. The van der Waals surface area contributed by atoms with E-state index in [1.807, 2.05) is 28.8 Å². The van der Waals surface area contributed by atoms with E-state index in [1.54, 1.807) is 0 Å². The minimum atomic E-state index is 0.159. The molecule has 4 heteroatoms. The summed E-state index contributed by atoms with van der Waals surface area (Å²) in [7, 11) is 0. The van der Waals surface area contributed by atoms with E-state index in [-0.39, 0.29) is 5.91 Å². The number of carbonyl (C=O) groups is 1. The van der Waals surface area contributed by atoms with Gasteiger partial charge in [0.05, 0.1) is 11.1 Å². The molecule has 0 aliphatic carbocycles. The quantitative estimate of drug-likeness (QED) is 0.868.